The van der Waals surface area contributed by atoms with Crippen LogP contribution in [0.3, 0.4) is 0 Å². The maximum absolute atomic E-state index is 12.0. The molecule has 1 aliphatic heterocycles. The number of para-hydroxylation sites is 2. The molecule has 0 aromatic heterocycles. The van der Waals surface area contributed by atoms with E-state index in [4.69, 9.17) is 5.73 Å². The Morgan fingerprint density at radius 3 is 2.42 bits per heavy atom. The summed E-state index contributed by atoms with van der Waals surface area (Å²) >= 11 is 0. The monoisotopic (exact) mass is 305 g/mol. The van der Waals surface area contributed by atoms with Crippen molar-refractivity contribution in [3.05, 3.63) is 24.3 Å². The molecule has 6 heteroatoms. The molecule has 19 heavy (non-hydrogen) atoms. The van der Waals surface area contributed by atoms with E-state index in [0.717, 1.165) is 31.0 Å². The minimum absolute atomic E-state index is 0. The number of benzene rings is 1. The highest BCUT2D eigenvalue weighted by Gasteiger charge is 2.24. The summed E-state index contributed by atoms with van der Waals surface area (Å²) in [4.78, 5) is 16.1. The second-order valence-corrected chi connectivity index (χ2v) is 4.15. The van der Waals surface area contributed by atoms with Crippen molar-refractivity contribution < 1.29 is 4.79 Å². The Morgan fingerprint density at radius 1 is 1.21 bits per heavy atom. The van der Waals surface area contributed by atoms with Crippen molar-refractivity contribution in [3.63, 3.8) is 0 Å². The predicted octanol–water partition coefficient (Wildman–Crippen LogP) is 2.05. The first-order valence-corrected chi connectivity index (χ1v) is 6.12. The number of halogens is 2. The van der Waals surface area contributed by atoms with Crippen molar-refractivity contribution in [2.45, 2.75) is 13.3 Å². The van der Waals surface area contributed by atoms with Crippen molar-refractivity contribution in [1.82, 2.24) is 0 Å². The van der Waals surface area contributed by atoms with Crippen molar-refractivity contribution in [2.24, 2.45) is 5.73 Å². The molecule has 0 saturated carbocycles. The first kappa shape index (κ1) is 18.0. The lowest BCUT2D eigenvalue weighted by Gasteiger charge is -2.37. The standard InChI is InChI=1S/C13H19N3O.2ClH/c1-2-15-9-10-16(13(17)7-8-14)12-6-4-3-5-11(12)15;;/h3-6H,2,7-10,14H2,1H3;2*1H. The second-order valence-electron chi connectivity index (χ2n) is 4.15. The average molecular weight is 306 g/mol. The first-order valence-electron chi connectivity index (χ1n) is 6.12. The lowest BCUT2D eigenvalue weighted by atomic mass is 10.1. The van der Waals surface area contributed by atoms with Gasteiger partial charge in [-0.15, -0.1) is 24.8 Å². The zero-order valence-corrected chi connectivity index (χ0v) is 12.7. The average Bonchev–Trinajstić information content (AvgIpc) is 2.37. The molecule has 0 unspecified atom stereocenters. The maximum Gasteiger partial charge on any atom is 0.228 e. The number of hydrogen-bond acceptors (Lipinski definition) is 3. The van der Waals surface area contributed by atoms with Crippen LogP contribution in [-0.4, -0.2) is 32.1 Å². The minimum Gasteiger partial charge on any atom is -0.368 e. The normalized spacial score (nSPS) is 13.2. The number of nitrogens with two attached hydrogens (primary N) is 1. The summed E-state index contributed by atoms with van der Waals surface area (Å²) < 4.78 is 0. The van der Waals surface area contributed by atoms with Crippen LogP contribution in [0.1, 0.15) is 13.3 Å². The maximum atomic E-state index is 12.0. The van der Waals surface area contributed by atoms with Crippen molar-refractivity contribution in [1.29, 1.82) is 0 Å². The Labute approximate surface area is 126 Å². The number of anilines is 2. The lowest BCUT2D eigenvalue weighted by molar-refractivity contribution is -0.118. The summed E-state index contributed by atoms with van der Waals surface area (Å²) in [6.45, 7) is 5.16. The van der Waals surface area contributed by atoms with E-state index in [-0.39, 0.29) is 30.7 Å². The van der Waals surface area contributed by atoms with Crippen molar-refractivity contribution >= 4 is 42.1 Å². The molecular weight excluding hydrogens is 285 g/mol. The summed E-state index contributed by atoms with van der Waals surface area (Å²) in [7, 11) is 0. The van der Waals surface area contributed by atoms with Gasteiger partial charge in [-0.25, -0.2) is 0 Å². The molecule has 1 heterocycles. The number of rotatable bonds is 3. The summed E-state index contributed by atoms with van der Waals surface area (Å²) in [6, 6.07) is 8.06. The third-order valence-electron chi connectivity index (χ3n) is 3.15. The van der Waals surface area contributed by atoms with E-state index < -0.39 is 0 Å². The van der Waals surface area contributed by atoms with Gasteiger partial charge < -0.3 is 15.5 Å². The molecule has 1 aliphatic rings. The number of fused-ring (bicyclic) bond motifs is 1. The minimum atomic E-state index is 0. The van der Waals surface area contributed by atoms with Gasteiger partial charge in [-0.2, -0.15) is 0 Å². The van der Waals surface area contributed by atoms with Crippen molar-refractivity contribution in [3.8, 4) is 0 Å². The highest BCUT2D eigenvalue weighted by molar-refractivity contribution is 5.97. The molecule has 2 N–H and O–H groups in total. The Bertz CT molecular complexity index is 415. The van der Waals surface area contributed by atoms with Gasteiger partial charge in [-0.05, 0) is 19.1 Å². The van der Waals surface area contributed by atoms with Crippen LogP contribution in [-0.2, 0) is 4.79 Å². The van der Waals surface area contributed by atoms with E-state index in [1.165, 1.54) is 0 Å². The molecule has 2 rings (SSSR count). The van der Waals surface area contributed by atoms with Crippen LogP contribution < -0.4 is 15.5 Å². The SMILES string of the molecule is CCN1CCN(C(=O)CCN)c2ccccc21.Cl.Cl. The largest absolute Gasteiger partial charge is 0.368 e. The molecule has 108 valence electrons. The fraction of sp³-hybridized carbons (Fsp3) is 0.462. The van der Waals surface area contributed by atoms with E-state index in [0.29, 0.717) is 13.0 Å². The van der Waals surface area contributed by atoms with E-state index in [9.17, 15) is 4.79 Å². The van der Waals surface area contributed by atoms with E-state index in [1.54, 1.807) is 0 Å². The van der Waals surface area contributed by atoms with Gasteiger partial charge in [0.1, 0.15) is 0 Å². The Balaban J connectivity index is 0.00000162. The third-order valence-corrected chi connectivity index (χ3v) is 3.15. The van der Waals surface area contributed by atoms with Gasteiger partial charge >= 0.3 is 0 Å². The van der Waals surface area contributed by atoms with Gasteiger partial charge in [0.15, 0.2) is 0 Å². The molecule has 0 atom stereocenters. The van der Waals surface area contributed by atoms with Crippen LogP contribution in [0.5, 0.6) is 0 Å². The van der Waals surface area contributed by atoms with Gasteiger partial charge in [0.2, 0.25) is 5.91 Å². The number of carbonyl (C=O) groups excluding carboxylic acids is 1. The van der Waals surface area contributed by atoms with Crippen LogP contribution in [0.2, 0.25) is 0 Å². The van der Waals surface area contributed by atoms with Gasteiger partial charge in [-0.1, -0.05) is 12.1 Å². The van der Waals surface area contributed by atoms with Gasteiger partial charge in [0.25, 0.3) is 0 Å². The Kier molecular flexibility index (Phi) is 7.83. The third kappa shape index (κ3) is 3.75. The molecule has 0 saturated heterocycles. The lowest BCUT2D eigenvalue weighted by Crippen LogP contribution is -2.44. The van der Waals surface area contributed by atoms with Crippen LogP contribution in [0, 0.1) is 0 Å². The molecule has 1 amide bonds. The molecule has 0 fully saturated rings. The second kappa shape index (κ2) is 8.25. The predicted molar refractivity (Wildman–Crippen MR) is 84.8 cm³/mol. The zero-order chi connectivity index (χ0) is 12.3. The summed E-state index contributed by atoms with van der Waals surface area (Å²) in [5, 5.41) is 0. The molecule has 0 aliphatic carbocycles. The van der Waals surface area contributed by atoms with Crippen LogP contribution >= 0.6 is 24.8 Å². The number of likely N-dealkylation sites (N-methyl/N-ethyl adjacent to an activating group) is 1. The topological polar surface area (TPSA) is 49.6 Å². The molecule has 0 bridgehead atoms. The summed E-state index contributed by atoms with van der Waals surface area (Å²) in [5.41, 5.74) is 7.61. The first-order chi connectivity index (χ1) is 8.27. The van der Waals surface area contributed by atoms with E-state index >= 15 is 0 Å². The number of nitrogens with zero attached hydrogens (tertiary/aromatic N) is 2. The van der Waals surface area contributed by atoms with Crippen LogP contribution in [0.25, 0.3) is 0 Å². The molecule has 0 spiro atoms. The molecule has 1 aromatic carbocycles. The zero-order valence-electron chi connectivity index (χ0n) is 11.0. The van der Waals surface area contributed by atoms with Crippen LogP contribution in [0.15, 0.2) is 24.3 Å². The fourth-order valence-corrected chi connectivity index (χ4v) is 2.27. The number of amides is 1. The highest BCUT2D eigenvalue weighted by atomic mass is 35.5. The molecular formula is C13H21Cl2N3O. The molecule has 1 aromatic rings. The quantitative estimate of drug-likeness (QED) is 0.930. The van der Waals surface area contributed by atoms with E-state index in [1.807, 2.05) is 23.1 Å². The number of carbonyl (C=O) groups is 1. The number of hydrogen-bond donors (Lipinski definition) is 1. The summed E-state index contributed by atoms with van der Waals surface area (Å²) in [6.07, 6.45) is 0.417. The van der Waals surface area contributed by atoms with Gasteiger partial charge in [-0.3, -0.25) is 4.79 Å². The Hall–Kier alpha value is -0.970. The smallest absolute Gasteiger partial charge is 0.228 e. The van der Waals surface area contributed by atoms with E-state index in [2.05, 4.69) is 17.9 Å². The van der Waals surface area contributed by atoms with Crippen molar-refractivity contribution in [2.75, 3.05) is 36.0 Å². The van der Waals surface area contributed by atoms with Gasteiger partial charge in [0, 0.05) is 32.6 Å². The Morgan fingerprint density at radius 2 is 1.84 bits per heavy atom. The highest BCUT2D eigenvalue weighted by Crippen LogP contribution is 2.32. The molecule has 4 nitrogen and oxygen atoms in total. The summed E-state index contributed by atoms with van der Waals surface area (Å²) in [5.74, 6) is 0.121. The fourth-order valence-electron chi connectivity index (χ4n) is 2.27. The molecule has 0 radical (unpaired) electrons. The van der Waals surface area contributed by atoms with Gasteiger partial charge in [0.05, 0.1) is 11.4 Å². The van der Waals surface area contributed by atoms with Crippen LogP contribution in [0.4, 0.5) is 11.4 Å².